The third kappa shape index (κ3) is 3.59. The van der Waals surface area contributed by atoms with E-state index >= 15 is 0 Å². The van der Waals surface area contributed by atoms with Crippen molar-refractivity contribution in [2.75, 3.05) is 12.4 Å². The lowest BCUT2D eigenvalue weighted by Crippen LogP contribution is -2.09. The first-order valence-electron chi connectivity index (χ1n) is 4.82. The summed E-state index contributed by atoms with van der Waals surface area (Å²) >= 11 is 5.84. The van der Waals surface area contributed by atoms with E-state index in [1.807, 2.05) is 13.8 Å². The average Bonchev–Trinajstić information content (AvgIpc) is 2.16. The van der Waals surface area contributed by atoms with Gasteiger partial charge in [0.25, 0.3) is 0 Å². The summed E-state index contributed by atoms with van der Waals surface area (Å²) in [4.78, 5) is 11.5. The Morgan fingerprint density at radius 3 is 2.69 bits per heavy atom. The highest BCUT2D eigenvalue weighted by atomic mass is 35.5. The number of carbonyl (C=O) groups excluding carboxylic acids is 1. The maximum atomic E-state index is 11.5. The molecule has 0 aliphatic carbocycles. The van der Waals surface area contributed by atoms with Crippen LogP contribution in [0.4, 0.5) is 5.69 Å². The molecule has 86 valence electrons. The van der Waals surface area contributed by atoms with E-state index < -0.39 is 0 Å². The largest absolute Gasteiger partial charge is 0.495 e. The summed E-state index contributed by atoms with van der Waals surface area (Å²) in [5, 5.41) is 3.26. The van der Waals surface area contributed by atoms with Gasteiger partial charge in [0.15, 0.2) is 0 Å². The topological polar surface area (TPSA) is 38.3 Å². The Bertz CT molecular complexity index is 423. The van der Waals surface area contributed by atoms with Crippen LogP contribution in [-0.4, -0.2) is 13.0 Å². The zero-order chi connectivity index (χ0) is 12.1. The van der Waals surface area contributed by atoms with Gasteiger partial charge in [-0.1, -0.05) is 17.2 Å². The van der Waals surface area contributed by atoms with Gasteiger partial charge in [0.05, 0.1) is 12.8 Å². The van der Waals surface area contributed by atoms with Crippen LogP contribution >= 0.6 is 11.6 Å². The predicted octanol–water partition coefficient (Wildman–Crippen LogP) is 3.25. The number of benzene rings is 1. The van der Waals surface area contributed by atoms with Crippen molar-refractivity contribution in [3.8, 4) is 5.75 Å². The van der Waals surface area contributed by atoms with Crippen LogP contribution in [0, 0.1) is 0 Å². The second kappa shape index (κ2) is 5.56. The molecule has 1 N–H and O–H groups in total. The fourth-order valence-electron chi connectivity index (χ4n) is 1.21. The number of nitrogens with one attached hydrogen (secondary N) is 1. The summed E-state index contributed by atoms with van der Waals surface area (Å²) in [7, 11) is 1.54. The average molecular weight is 240 g/mol. The minimum atomic E-state index is -0.194. The Balaban J connectivity index is 2.91. The number of hydrogen-bond donors (Lipinski definition) is 1. The summed E-state index contributed by atoms with van der Waals surface area (Å²) in [6.07, 6.45) is 1.51. The number of halogens is 1. The molecule has 0 aliphatic rings. The maximum Gasteiger partial charge on any atom is 0.248 e. The first-order valence-corrected chi connectivity index (χ1v) is 5.20. The van der Waals surface area contributed by atoms with Crippen molar-refractivity contribution < 1.29 is 9.53 Å². The lowest BCUT2D eigenvalue weighted by atomic mass is 10.2. The number of amides is 1. The molecule has 1 rings (SSSR count). The van der Waals surface area contributed by atoms with Crippen molar-refractivity contribution in [3.05, 3.63) is 34.9 Å². The molecular formula is C12H14ClNO2. The molecule has 1 amide bonds. The molecule has 0 fully saturated rings. The van der Waals surface area contributed by atoms with E-state index in [4.69, 9.17) is 16.3 Å². The zero-order valence-corrected chi connectivity index (χ0v) is 10.3. The molecule has 0 saturated heterocycles. The Morgan fingerprint density at radius 1 is 1.44 bits per heavy atom. The predicted molar refractivity (Wildman–Crippen MR) is 66.1 cm³/mol. The third-order valence-electron chi connectivity index (χ3n) is 1.84. The van der Waals surface area contributed by atoms with E-state index in [0.717, 1.165) is 5.57 Å². The number of hydrogen-bond acceptors (Lipinski definition) is 2. The number of methoxy groups -OCH3 is 1. The Morgan fingerprint density at radius 2 is 2.12 bits per heavy atom. The lowest BCUT2D eigenvalue weighted by molar-refractivity contribution is -0.112. The fraction of sp³-hybridized carbons (Fsp3) is 0.250. The molecule has 0 bridgehead atoms. The third-order valence-corrected chi connectivity index (χ3v) is 2.07. The summed E-state index contributed by atoms with van der Waals surface area (Å²) in [6, 6.07) is 5.06. The minimum Gasteiger partial charge on any atom is -0.495 e. The van der Waals surface area contributed by atoms with Crippen LogP contribution in [0.25, 0.3) is 0 Å². The summed E-state index contributed by atoms with van der Waals surface area (Å²) in [6.45, 7) is 3.71. The molecule has 0 saturated carbocycles. The van der Waals surface area contributed by atoms with Gasteiger partial charge in [-0.3, -0.25) is 4.79 Å². The molecule has 0 atom stereocenters. The van der Waals surface area contributed by atoms with E-state index in [1.54, 1.807) is 25.3 Å². The monoisotopic (exact) mass is 239 g/mol. The highest BCUT2D eigenvalue weighted by Gasteiger charge is 2.06. The van der Waals surface area contributed by atoms with E-state index in [0.29, 0.717) is 16.5 Å². The smallest absolute Gasteiger partial charge is 0.248 e. The van der Waals surface area contributed by atoms with Gasteiger partial charge in [-0.05, 0) is 32.0 Å². The highest BCUT2D eigenvalue weighted by Crippen LogP contribution is 2.27. The first kappa shape index (κ1) is 12.6. The maximum absolute atomic E-state index is 11.5. The quantitative estimate of drug-likeness (QED) is 0.823. The van der Waals surface area contributed by atoms with Gasteiger partial charge in [0.1, 0.15) is 5.75 Å². The zero-order valence-electron chi connectivity index (χ0n) is 9.50. The van der Waals surface area contributed by atoms with Gasteiger partial charge < -0.3 is 10.1 Å². The minimum absolute atomic E-state index is 0.194. The van der Waals surface area contributed by atoms with Crippen molar-refractivity contribution >= 4 is 23.2 Å². The van der Waals surface area contributed by atoms with Crippen LogP contribution in [-0.2, 0) is 4.79 Å². The molecule has 0 unspecified atom stereocenters. The normalized spacial score (nSPS) is 9.50. The van der Waals surface area contributed by atoms with Crippen LogP contribution in [0.3, 0.4) is 0 Å². The van der Waals surface area contributed by atoms with Crippen LogP contribution < -0.4 is 10.1 Å². The molecule has 4 heteroatoms. The van der Waals surface area contributed by atoms with Crippen LogP contribution in [0.2, 0.25) is 5.02 Å². The van der Waals surface area contributed by atoms with Crippen molar-refractivity contribution in [2.45, 2.75) is 13.8 Å². The van der Waals surface area contributed by atoms with Crippen molar-refractivity contribution in [1.82, 2.24) is 0 Å². The highest BCUT2D eigenvalue weighted by molar-refractivity contribution is 6.31. The van der Waals surface area contributed by atoms with Crippen LogP contribution in [0.1, 0.15) is 13.8 Å². The van der Waals surface area contributed by atoms with Gasteiger partial charge >= 0.3 is 0 Å². The second-order valence-electron chi connectivity index (χ2n) is 3.56. The van der Waals surface area contributed by atoms with E-state index in [-0.39, 0.29) is 5.91 Å². The van der Waals surface area contributed by atoms with Crippen LogP contribution in [0.15, 0.2) is 29.8 Å². The molecule has 1 aromatic rings. The summed E-state index contributed by atoms with van der Waals surface area (Å²) in [5.41, 5.74) is 1.50. The molecule has 1 aromatic carbocycles. The van der Waals surface area contributed by atoms with E-state index in [1.165, 1.54) is 6.08 Å². The standard InChI is InChI=1S/C12H14ClNO2/c1-8(2)6-12(15)14-10-7-9(13)4-5-11(10)16-3/h4-7H,1-3H3,(H,14,15). The molecule has 0 aromatic heterocycles. The van der Waals surface area contributed by atoms with Crippen molar-refractivity contribution in [3.63, 3.8) is 0 Å². The van der Waals surface area contributed by atoms with Crippen molar-refractivity contribution in [1.29, 1.82) is 0 Å². The second-order valence-corrected chi connectivity index (χ2v) is 3.99. The van der Waals surface area contributed by atoms with E-state index in [9.17, 15) is 4.79 Å². The number of carbonyl (C=O) groups is 1. The van der Waals surface area contributed by atoms with Gasteiger partial charge in [-0.25, -0.2) is 0 Å². The Kier molecular flexibility index (Phi) is 4.38. The first-order chi connectivity index (χ1) is 7.52. The molecule has 3 nitrogen and oxygen atoms in total. The van der Waals surface area contributed by atoms with Gasteiger partial charge in [0.2, 0.25) is 5.91 Å². The lowest BCUT2D eigenvalue weighted by Gasteiger charge is -2.09. The Labute approximate surface area is 100 Å². The van der Waals surface area contributed by atoms with Gasteiger partial charge in [-0.15, -0.1) is 0 Å². The molecule has 0 heterocycles. The molecule has 16 heavy (non-hydrogen) atoms. The van der Waals surface area contributed by atoms with E-state index in [2.05, 4.69) is 5.32 Å². The summed E-state index contributed by atoms with van der Waals surface area (Å²) in [5.74, 6) is 0.389. The van der Waals surface area contributed by atoms with Gasteiger partial charge in [-0.2, -0.15) is 0 Å². The number of allylic oxidation sites excluding steroid dienone is 1. The molecule has 0 aliphatic heterocycles. The van der Waals surface area contributed by atoms with Crippen LogP contribution in [0.5, 0.6) is 5.75 Å². The number of rotatable bonds is 3. The summed E-state index contributed by atoms with van der Waals surface area (Å²) < 4.78 is 5.11. The number of ether oxygens (including phenoxy) is 1. The molecular weight excluding hydrogens is 226 g/mol. The molecule has 0 radical (unpaired) electrons. The number of anilines is 1. The molecule has 0 spiro atoms. The SMILES string of the molecule is COc1ccc(Cl)cc1NC(=O)C=C(C)C. The van der Waals surface area contributed by atoms with Gasteiger partial charge in [0, 0.05) is 11.1 Å². The van der Waals surface area contributed by atoms with Crippen molar-refractivity contribution in [2.24, 2.45) is 0 Å². The fourth-order valence-corrected chi connectivity index (χ4v) is 1.38. The Hall–Kier alpha value is -1.48.